The summed E-state index contributed by atoms with van der Waals surface area (Å²) in [7, 11) is 4.40. The van der Waals surface area contributed by atoms with Crippen molar-refractivity contribution in [3.8, 4) is 0 Å². The number of benzene rings is 2. The van der Waals surface area contributed by atoms with Crippen molar-refractivity contribution in [2.24, 2.45) is 0 Å². The van der Waals surface area contributed by atoms with Crippen LogP contribution in [0.15, 0.2) is 60.7 Å². The average molecular weight is 362 g/mol. The molecule has 118 valence electrons. The Morgan fingerprint density at radius 2 is 1.36 bits per heavy atom. The van der Waals surface area contributed by atoms with E-state index in [1.165, 1.54) is 11.1 Å². The maximum absolute atomic E-state index is 11.0. The normalized spacial score (nSPS) is 22.6. The van der Waals surface area contributed by atoms with E-state index in [9.17, 15) is 5.11 Å². The third-order valence-electron chi connectivity index (χ3n) is 4.93. The van der Waals surface area contributed by atoms with Gasteiger partial charge in [0, 0.05) is 6.42 Å². The maximum Gasteiger partial charge on any atom is 0.117 e. The first kappa shape index (κ1) is 17.2. The van der Waals surface area contributed by atoms with Crippen LogP contribution < -0.4 is 17.0 Å². The lowest BCUT2D eigenvalue weighted by atomic mass is 9.66. The first-order chi connectivity index (χ1) is 10.0. The molecule has 1 heterocycles. The lowest BCUT2D eigenvalue weighted by Gasteiger charge is -2.48. The van der Waals surface area contributed by atoms with Crippen molar-refractivity contribution in [2.45, 2.75) is 17.9 Å². The highest BCUT2D eigenvalue weighted by Crippen LogP contribution is 2.42. The quantitative estimate of drug-likeness (QED) is 0.735. The Hall–Kier alpha value is -1.16. The van der Waals surface area contributed by atoms with Crippen molar-refractivity contribution in [3.63, 3.8) is 0 Å². The maximum atomic E-state index is 11.0. The number of likely N-dealkylation sites (N-methyl/N-ethyl adjacent to an activating group) is 1. The third kappa shape index (κ3) is 2.98. The minimum atomic E-state index is -0.369. The number of aliphatic hydroxyl groups is 1. The van der Waals surface area contributed by atoms with Gasteiger partial charge in [0.15, 0.2) is 0 Å². The SMILES string of the molecule is C[N+]1(C)CCC(c2ccccc2)(c2ccccc2)C(O)C1.[Br-]. The molecule has 1 saturated heterocycles. The van der Waals surface area contributed by atoms with Gasteiger partial charge in [0.05, 0.1) is 26.1 Å². The molecule has 3 rings (SSSR count). The topological polar surface area (TPSA) is 20.2 Å². The second-order valence-corrected chi connectivity index (χ2v) is 6.81. The summed E-state index contributed by atoms with van der Waals surface area (Å²) < 4.78 is 0.878. The third-order valence-corrected chi connectivity index (χ3v) is 4.93. The summed E-state index contributed by atoms with van der Waals surface area (Å²) in [4.78, 5) is 0. The smallest absolute Gasteiger partial charge is 0.117 e. The highest BCUT2D eigenvalue weighted by Gasteiger charge is 2.48. The molecule has 0 amide bonds. The molecule has 2 aromatic carbocycles. The van der Waals surface area contributed by atoms with Crippen molar-refractivity contribution in [3.05, 3.63) is 71.8 Å². The van der Waals surface area contributed by atoms with E-state index in [4.69, 9.17) is 0 Å². The Labute approximate surface area is 143 Å². The van der Waals surface area contributed by atoms with Gasteiger partial charge >= 0.3 is 0 Å². The van der Waals surface area contributed by atoms with Gasteiger partial charge in [-0.3, -0.25) is 0 Å². The van der Waals surface area contributed by atoms with Crippen LogP contribution in [-0.4, -0.2) is 42.9 Å². The molecule has 1 N–H and O–H groups in total. The van der Waals surface area contributed by atoms with E-state index in [1.807, 2.05) is 12.1 Å². The molecule has 0 spiro atoms. The molecule has 0 aliphatic carbocycles. The standard InChI is InChI=1S/C19H24NO.BrH/c1-20(2)14-13-19(18(21)15-20,16-9-5-3-6-10-16)17-11-7-4-8-12-17;/h3-12,18,21H,13-15H2,1-2H3;1H/q+1;/p-1. The summed E-state index contributed by atoms with van der Waals surface area (Å²) in [5, 5.41) is 11.0. The molecule has 3 heteroatoms. The predicted molar refractivity (Wildman–Crippen MR) is 86.1 cm³/mol. The van der Waals surface area contributed by atoms with E-state index < -0.39 is 0 Å². The van der Waals surface area contributed by atoms with Crippen molar-refractivity contribution < 1.29 is 26.6 Å². The van der Waals surface area contributed by atoms with E-state index in [-0.39, 0.29) is 28.5 Å². The summed E-state index contributed by atoms with van der Waals surface area (Å²) in [5.74, 6) is 0. The number of halogens is 1. The fourth-order valence-corrected chi connectivity index (χ4v) is 3.67. The van der Waals surface area contributed by atoms with Crippen molar-refractivity contribution in [2.75, 3.05) is 27.2 Å². The van der Waals surface area contributed by atoms with Crippen LogP contribution in [-0.2, 0) is 5.41 Å². The zero-order valence-corrected chi connectivity index (χ0v) is 14.8. The lowest BCUT2D eigenvalue weighted by molar-refractivity contribution is -0.900. The van der Waals surface area contributed by atoms with E-state index in [2.05, 4.69) is 62.6 Å². The highest BCUT2D eigenvalue weighted by atomic mass is 79.9. The van der Waals surface area contributed by atoms with Gasteiger partial charge in [0.2, 0.25) is 0 Å². The van der Waals surface area contributed by atoms with Crippen LogP contribution in [0.1, 0.15) is 17.5 Å². The van der Waals surface area contributed by atoms with Gasteiger partial charge in [-0.1, -0.05) is 60.7 Å². The van der Waals surface area contributed by atoms with Gasteiger partial charge in [-0.15, -0.1) is 0 Å². The minimum absolute atomic E-state index is 0. The van der Waals surface area contributed by atoms with Gasteiger partial charge in [0.25, 0.3) is 0 Å². The summed E-state index contributed by atoms with van der Waals surface area (Å²) >= 11 is 0. The van der Waals surface area contributed by atoms with Crippen LogP contribution >= 0.6 is 0 Å². The van der Waals surface area contributed by atoms with E-state index in [1.54, 1.807) is 0 Å². The Morgan fingerprint density at radius 1 is 0.909 bits per heavy atom. The number of nitrogens with zero attached hydrogens (tertiary/aromatic N) is 1. The van der Waals surface area contributed by atoms with E-state index >= 15 is 0 Å². The second-order valence-electron chi connectivity index (χ2n) is 6.81. The largest absolute Gasteiger partial charge is 1.00 e. The molecule has 1 aliphatic rings. The molecule has 0 aromatic heterocycles. The highest BCUT2D eigenvalue weighted by molar-refractivity contribution is 5.41. The van der Waals surface area contributed by atoms with Crippen LogP contribution in [0.4, 0.5) is 0 Å². The number of hydrogen-bond donors (Lipinski definition) is 1. The molecule has 1 aliphatic heterocycles. The average Bonchev–Trinajstić information content (AvgIpc) is 2.49. The molecule has 22 heavy (non-hydrogen) atoms. The minimum Gasteiger partial charge on any atom is -1.00 e. The van der Waals surface area contributed by atoms with Gasteiger partial charge in [0.1, 0.15) is 12.6 Å². The molecule has 2 aromatic rings. The number of aliphatic hydroxyl groups excluding tert-OH is 1. The molecule has 1 unspecified atom stereocenters. The fraction of sp³-hybridized carbons (Fsp3) is 0.368. The monoisotopic (exact) mass is 361 g/mol. The predicted octanol–water partition coefficient (Wildman–Crippen LogP) is -0.182. The number of hydrogen-bond acceptors (Lipinski definition) is 1. The Morgan fingerprint density at radius 3 is 1.77 bits per heavy atom. The second kappa shape index (κ2) is 6.53. The van der Waals surface area contributed by atoms with Gasteiger partial charge in [-0.25, -0.2) is 0 Å². The molecule has 2 nitrogen and oxygen atoms in total. The molecule has 1 fully saturated rings. The Balaban J connectivity index is 0.00000176. The van der Waals surface area contributed by atoms with Crippen LogP contribution in [0.3, 0.4) is 0 Å². The Bertz CT molecular complexity index is 558. The van der Waals surface area contributed by atoms with Crippen LogP contribution in [0.25, 0.3) is 0 Å². The van der Waals surface area contributed by atoms with Crippen molar-refractivity contribution in [1.29, 1.82) is 0 Å². The van der Waals surface area contributed by atoms with E-state index in [0.29, 0.717) is 0 Å². The molecule has 1 atom stereocenters. The van der Waals surface area contributed by atoms with Crippen LogP contribution in [0, 0.1) is 0 Å². The molecular weight excluding hydrogens is 338 g/mol. The Kier molecular flexibility index (Phi) is 5.10. The van der Waals surface area contributed by atoms with E-state index in [0.717, 1.165) is 24.0 Å². The molecule has 0 saturated carbocycles. The molecule has 0 radical (unpaired) electrons. The van der Waals surface area contributed by atoms with Crippen molar-refractivity contribution in [1.82, 2.24) is 0 Å². The first-order valence-corrected chi connectivity index (χ1v) is 7.66. The zero-order valence-electron chi connectivity index (χ0n) is 13.2. The summed E-state index contributed by atoms with van der Waals surface area (Å²) in [6.07, 6.45) is 0.598. The summed E-state index contributed by atoms with van der Waals surface area (Å²) in [6.45, 7) is 1.85. The number of quaternary nitrogens is 1. The molecule has 0 bridgehead atoms. The zero-order chi connectivity index (χ0) is 14.9. The number of rotatable bonds is 2. The molecular formula is C19H24BrNO. The van der Waals surface area contributed by atoms with Crippen LogP contribution in [0.5, 0.6) is 0 Å². The first-order valence-electron chi connectivity index (χ1n) is 7.66. The van der Waals surface area contributed by atoms with Gasteiger partial charge < -0.3 is 26.6 Å². The lowest BCUT2D eigenvalue weighted by Crippen LogP contribution is -3.00. The van der Waals surface area contributed by atoms with Crippen molar-refractivity contribution >= 4 is 0 Å². The van der Waals surface area contributed by atoms with Crippen LogP contribution in [0.2, 0.25) is 0 Å². The number of piperidine rings is 1. The van der Waals surface area contributed by atoms with Gasteiger partial charge in [-0.05, 0) is 11.1 Å². The van der Waals surface area contributed by atoms with Gasteiger partial charge in [-0.2, -0.15) is 0 Å². The fourth-order valence-electron chi connectivity index (χ4n) is 3.67. The summed E-state index contributed by atoms with van der Waals surface area (Å²) in [5.41, 5.74) is 2.17. The summed E-state index contributed by atoms with van der Waals surface area (Å²) in [6, 6.07) is 21.0. The number of likely N-dealkylation sites (tertiary alicyclic amines) is 1.